The van der Waals surface area contributed by atoms with E-state index in [9.17, 15) is 9.59 Å². The monoisotopic (exact) mass is 316 g/mol. The third kappa shape index (κ3) is 4.34. The van der Waals surface area contributed by atoms with E-state index in [1.165, 1.54) is 18.2 Å². The van der Waals surface area contributed by atoms with Gasteiger partial charge in [0.2, 0.25) is 0 Å². The van der Waals surface area contributed by atoms with Gasteiger partial charge in [0.05, 0.1) is 17.9 Å². The largest absolute Gasteiger partial charge is 0.478 e. The van der Waals surface area contributed by atoms with Crippen molar-refractivity contribution in [1.29, 1.82) is 0 Å². The number of carbonyl (C=O) groups excluding carboxylic acids is 1. The Balaban J connectivity index is 2.62. The number of carbonyl (C=O) groups is 2. The maximum atomic E-state index is 11.4. The smallest absolute Gasteiger partial charge is 0.335 e. The molecule has 18 heavy (non-hydrogen) atoms. The Bertz CT molecular complexity index is 451. The van der Waals surface area contributed by atoms with E-state index >= 15 is 0 Å². The summed E-state index contributed by atoms with van der Waals surface area (Å²) in [4.78, 5) is 22.2. The van der Waals surface area contributed by atoms with Crippen molar-refractivity contribution in [3.8, 4) is 0 Å². The second kappa shape index (κ2) is 6.97. The molecule has 0 unspecified atom stereocenters. The number of rotatable bonds is 5. The van der Waals surface area contributed by atoms with Crippen LogP contribution in [0.25, 0.3) is 0 Å². The number of urea groups is 1. The van der Waals surface area contributed by atoms with E-state index < -0.39 is 5.97 Å². The van der Waals surface area contributed by atoms with Gasteiger partial charge in [0.25, 0.3) is 0 Å². The predicted molar refractivity (Wildman–Crippen MR) is 70.0 cm³/mol. The molecule has 7 heteroatoms. The number of anilines is 1. The molecule has 6 nitrogen and oxygen atoms in total. The summed E-state index contributed by atoms with van der Waals surface area (Å²) in [5.41, 5.74) is 0.641. The van der Waals surface area contributed by atoms with Crippen LogP contribution < -0.4 is 10.6 Å². The molecule has 0 aliphatic rings. The fourth-order valence-electron chi connectivity index (χ4n) is 1.18. The Labute approximate surface area is 112 Å². The van der Waals surface area contributed by atoms with Crippen LogP contribution in [0.5, 0.6) is 0 Å². The van der Waals surface area contributed by atoms with Gasteiger partial charge in [-0.25, -0.2) is 9.59 Å². The summed E-state index contributed by atoms with van der Waals surface area (Å²) < 4.78 is 5.30. The van der Waals surface area contributed by atoms with Gasteiger partial charge in [-0.05, 0) is 34.1 Å². The van der Waals surface area contributed by atoms with Crippen molar-refractivity contribution in [2.45, 2.75) is 0 Å². The molecule has 0 fully saturated rings. The van der Waals surface area contributed by atoms with Crippen LogP contribution in [-0.2, 0) is 4.74 Å². The number of carboxylic acids is 1. The van der Waals surface area contributed by atoms with Crippen LogP contribution in [0.3, 0.4) is 0 Å². The molecule has 0 aromatic heterocycles. The molecule has 0 atom stereocenters. The van der Waals surface area contributed by atoms with Gasteiger partial charge in [-0.15, -0.1) is 0 Å². The number of hydrogen-bond donors (Lipinski definition) is 3. The van der Waals surface area contributed by atoms with Gasteiger partial charge in [-0.2, -0.15) is 0 Å². The molecule has 1 aromatic carbocycles. The van der Waals surface area contributed by atoms with Gasteiger partial charge in [-0.1, -0.05) is 0 Å². The third-order valence-corrected chi connectivity index (χ3v) is 2.71. The minimum Gasteiger partial charge on any atom is -0.478 e. The molecule has 98 valence electrons. The van der Waals surface area contributed by atoms with Crippen molar-refractivity contribution in [3.05, 3.63) is 28.2 Å². The van der Waals surface area contributed by atoms with E-state index in [0.717, 1.165) is 0 Å². The third-order valence-electron chi connectivity index (χ3n) is 2.06. The van der Waals surface area contributed by atoms with Crippen LogP contribution in [0.1, 0.15) is 10.4 Å². The number of hydrogen-bond acceptors (Lipinski definition) is 3. The van der Waals surface area contributed by atoms with Gasteiger partial charge < -0.3 is 20.5 Å². The highest BCUT2D eigenvalue weighted by molar-refractivity contribution is 9.10. The van der Waals surface area contributed by atoms with Gasteiger partial charge in [0, 0.05) is 18.1 Å². The van der Waals surface area contributed by atoms with Crippen LogP contribution in [0.15, 0.2) is 22.7 Å². The van der Waals surface area contributed by atoms with Crippen LogP contribution in [-0.4, -0.2) is 37.4 Å². The van der Waals surface area contributed by atoms with E-state index in [4.69, 9.17) is 9.84 Å². The first-order valence-corrected chi connectivity index (χ1v) is 5.90. The molecule has 0 heterocycles. The average Bonchev–Trinajstić information content (AvgIpc) is 2.32. The molecule has 2 amide bonds. The van der Waals surface area contributed by atoms with Gasteiger partial charge in [-0.3, -0.25) is 0 Å². The highest BCUT2D eigenvalue weighted by atomic mass is 79.9. The molecule has 0 bridgehead atoms. The second-order valence-electron chi connectivity index (χ2n) is 3.37. The lowest BCUT2D eigenvalue weighted by Gasteiger charge is -2.09. The van der Waals surface area contributed by atoms with Crippen LogP contribution in [0, 0.1) is 0 Å². The number of halogens is 1. The van der Waals surface area contributed by atoms with Crippen molar-refractivity contribution >= 4 is 33.6 Å². The van der Waals surface area contributed by atoms with Crippen LogP contribution in [0.4, 0.5) is 10.5 Å². The molecule has 0 radical (unpaired) electrons. The number of amides is 2. The van der Waals surface area contributed by atoms with Gasteiger partial charge in [0.15, 0.2) is 0 Å². The molecule has 0 saturated heterocycles. The van der Waals surface area contributed by atoms with Gasteiger partial charge >= 0.3 is 12.0 Å². The lowest BCUT2D eigenvalue weighted by Crippen LogP contribution is -2.31. The Morgan fingerprint density at radius 3 is 2.72 bits per heavy atom. The summed E-state index contributed by atoms with van der Waals surface area (Å²) in [7, 11) is 1.54. The molecule has 0 aliphatic carbocycles. The minimum absolute atomic E-state index is 0.146. The maximum absolute atomic E-state index is 11.4. The quantitative estimate of drug-likeness (QED) is 0.724. The van der Waals surface area contributed by atoms with E-state index in [2.05, 4.69) is 26.6 Å². The van der Waals surface area contributed by atoms with E-state index in [-0.39, 0.29) is 11.6 Å². The highest BCUT2D eigenvalue weighted by Gasteiger charge is 2.08. The van der Waals surface area contributed by atoms with E-state index in [1.807, 2.05) is 0 Å². The summed E-state index contributed by atoms with van der Waals surface area (Å²) in [6, 6.07) is 3.98. The summed E-state index contributed by atoms with van der Waals surface area (Å²) >= 11 is 3.20. The summed E-state index contributed by atoms with van der Waals surface area (Å²) in [5, 5.41) is 14.0. The number of aromatic carboxylic acids is 1. The fraction of sp³-hybridized carbons (Fsp3) is 0.273. The first-order valence-electron chi connectivity index (χ1n) is 5.11. The molecular weight excluding hydrogens is 304 g/mol. The summed E-state index contributed by atoms with van der Waals surface area (Å²) in [6.07, 6.45) is 0. The van der Waals surface area contributed by atoms with Crippen molar-refractivity contribution in [2.24, 2.45) is 0 Å². The van der Waals surface area contributed by atoms with Crippen molar-refractivity contribution in [3.63, 3.8) is 0 Å². The number of methoxy groups -OCH3 is 1. The van der Waals surface area contributed by atoms with Crippen molar-refractivity contribution in [2.75, 3.05) is 25.6 Å². The fourth-order valence-corrected chi connectivity index (χ4v) is 1.66. The topological polar surface area (TPSA) is 87.7 Å². The number of ether oxygens (including phenoxy) is 1. The zero-order valence-corrected chi connectivity index (χ0v) is 11.3. The highest BCUT2D eigenvalue weighted by Crippen LogP contribution is 2.23. The van der Waals surface area contributed by atoms with E-state index in [0.29, 0.717) is 23.3 Å². The molecular formula is C11H13BrN2O4. The molecule has 0 saturated carbocycles. The standard InChI is InChI=1S/C11H13BrN2O4/c1-18-5-4-13-11(17)14-9-3-2-7(10(15)16)6-8(9)12/h2-3,6H,4-5H2,1H3,(H,15,16)(H2,13,14,17). The zero-order valence-electron chi connectivity index (χ0n) is 9.70. The number of carboxylic acid groups (broad SMARTS) is 1. The van der Waals surface area contributed by atoms with Gasteiger partial charge in [0.1, 0.15) is 0 Å². The lowest BCUT2D eigenvalue weighted by atomic mass is 10.2. The predicted octanol–water partition coefficient (Wildman–Crippen LogP) is 1.92. The maximum Gasteiger partial charge on any atom is 0.335 e. The number of nitrogens with one attached hydrogen (secondary N) is 2. The number of benzene rings is 1. The zero-order chi connectivity index (χ0) is 13.5. The molecule has 0 spiro atoms. The first-order chi connectivity index (χ1) is 8.54. The van der Waals surface area contributed by atoms with Crippen molar-refractivity contribution in [1.82, 2.24) is 5.32 Å². The van der Waals surface area contributed by atoms with Crippen LogP contribution in [0.2, 0.25) is 0 Å². The molecule has 0 aliphatic heterocycles. The Hall–Kier alpha value is -1.60. The Morgan fingerprint density at radius 1 is 1.44 bits per heavy atom. The normalized spacial score (nSPS) is 9.89. The lowest BCUT2D eigenvalue weighted by molar-refractivity contribution is 0.0697. The molecule has 1 aromatic rings. The molecule has 1 rings (SSSR count). The van der Waals surface area contributed by atoms with Crippen molar-refractivity contribution < 1.29 is 19.4 Å². The Morgan fingerprint density at radius 2 is 2.17 bits per heavy atom. The summed E-state index contributed by atoms with van der Waals surface area (Å²) in [6.45, 7) is 0.819. The summed E-state index contributed by atoms with van der Waals surface area (Å²) in [5.74, 6) is -1.02. The SMILES string of the molecule is COCCNC(=O)Nc1ccc(C(=O)O)cc1Br. The Kier molecular flexibility index (Phi) is 5.60. The minimum atomic E-state index is -1.02. The molecule has 3 N–H and O–H groups in total. The second-order valence-corrected chi connectivity index (χ2v) is 4.23. The average molecular weight is 317 g/mol. The first kappa shape index (κ1) is 14.5. The van der Waals surface area contributed by atoms with Crippen LogP contribution >= 0.6 is 15.9 Å². The van der Waals surface area contributed by atoms with E-state index in [1.54, 1.807) is 7.11 Å².